The number of nitrogens with two attached hydrogens (primary N) is 1. The van der Waals surface area contributed by atoms with E-state index >= 15 is 0 Å². The topological polar surface area (TPSA) is 58.4 Å². The van der Waals surface area contributed by atoms with Gasteiger partial charge in [-0.25, -0.2) is 0 Å². The fraction of sp³-hybridized carbons (Fsp3) is 0.933. The molecule has 0 aromatic heterocycles. The first-order valence-corrected chi connectivity index (χ1v) is 7.73. The number of likely N-dealkylation sites (tertiary alicyclic amines) is 1. The molecule has 5 unspecified atom stereocenters. The monoisotopic (exact) mass is 267 g/mol. The summed E-state index contributed by atoms with van der Waals surface area (Å²) in [5, 5.41) is 3.29. The van der Waals surface area contributed by atoms with Gasteiger partial charge in [-0.05, 0) is 44.7 Å². The van der Waals surface area contributed by atoms with Gasteiger partial charge in [0, 0.05) is 24.5 Å². The summed E-state index contributed by atoms with van der Waals surface area (Å²) in [7, 11) is 2.15. The Kier molecular flexibility index (Phi) is 4.85. The predicted octanol–water partition coefficient (Wildman–Crippen LogP) is 1.21. The van der Waals surface area contributed by atoms with Crippen LogP contribution in [0.15, 0.2) is 0 Å². The molecule has 0 radical (unpaired) electrons. The Morgan fingerprint density at radius 2 is 2.00 bits per heavy atom. The molecular formula is C15H29N3O. The van der Waals surface area contributed by atoms with Gasteiger partial charge in [0.25, 0.3) is 0 Å². The molecule has 1 heterocycles. The summed E-state index contributed by atoms with van der Waals surface area (Å²) in [5.41, 5.74) is 6.10. The van der Waals surface area contributed by atoms with Gasteiger partial charge in [-0.15, -0.1) is 0 Å². The predicted molar refractivity (Wildman–Crippen MR) is 77.7 cm³/mol. The average Bonchev–Trinajstić information content (AvgIpc) is 2.36. The maximum Gasteiger partial charge on any atom is 0.223 e. The Hall–Kier alpha value is -0.610. The summed E-state index contributed by atoms with van der Waals surface area (Å²) in [6.45, 7) is 6.52. The Morgan fingerprint density at radius 1 is 1.26 bits per heavy atom. The van der Waals surface area contributed by atoms with Gasteiger partial charge >= 0.3 is 0 Å². The molecule has 0 aromatic carbocycles. The molecule has 1 aliphatic heterocycles. The van der Waals surface area contributed by atoms with Crippen molar-refractivity contribution in [1.29, 1.82) is 0 Å². The van der Waals surface area contributed by atoms with E-state index in [-0.39, 0.29) is 17.9 Å². The Bertz CT molecular complexity index is 321. The lowest BCUT2D eigenvalue weighted by molar-refractivity contribution is -0.129. The SMILES string of the molecule is CC1CN(C)CCC1NC(=O)C1CCCC(N)C1C. The van der Waals surface area contributed by atoms with Crippen LogP contribution < -0.4 is 11.1 Å². The quantitative estimate of drug-likeness (QED) is 0.790. The highest BCUT2D eigenvalue weighted by Gasteiger charge is 2.34. The van der Waals surface area contributed by atoms with Gasteiger partial charge in [-0.3, -0.25) is 4.79 Å². The van der Waals surface area contributed by atoms with Crippen molar-refractivity contribution in [2.45, 2.75) is 51.6 Å². The van der Waals surface area contributed by atoms with Crippen molar-refractivity contribution in [3.63, 3.8) is 0 Å². The van der Waals surface area contributed by atoms with E-state index in [1.807, 2.05) is 0 Å². The molecule has 2 fully saturated rings. The van der Waals surface area contributed by atoms with E-state index in [1.54, 1.807) is 0 Å². The van der Waals surface area contributed by atoms with Crippen LogP contribution in [0.25, 0.3) is 0 Å². The summed E-state index contributed by atoms with van der Waals surface area (Å²) >= 11 is 0. The number of hydrogen-bond donors (Lipinski definition) is 2. The minimum absolute atomic E-state index is 0.121. The Balaban J connectivity index is 1.90. The number of nitrogens with zero attached hydrogens (tertiary/aromatic N) is 1. The molecular weight excluding hydrogens is 238 g/mol. The third kappa shape index (κ3) is 3.48. The van der Waals surface area contributed by atoms with Crippen LogP contribution in [0, 0.1) is 17.8 Å². The van der Waals surface area contributed by atoms with Gasteiger partial charge in [0.2, 0.25) is 5.91 Å². The van der Waals surface area contributed by atoms with Crippen molar-refractivity contribution in [3.05, 3.63) is 0 Å². The van der Waals surface area contributed by atoms with E-state index in [9.17, 15) is 4.79 Å². The van der Waals surface area contributed by atoms with Gasteiger partial charge in [0.05, 0.1) is 0 Å². The fourth-order valence-electron chi connectivity index (χ4n) is 3.63. The molecule has 0 bridgehead atoms. The molecule has 2 aliphatic rings. The summed E-state index contributed by atoms with van der Waals surface area (Å²) in [4.78, 5) is 14.8. The van der Waals surface area contributed by atoms with Crippen LogP contribution in [0.4, 0.5) is 0 Å². The highest BCUT2D eigenvalue weighted by molar-refractivity contribution is 5.79. The molecule has 0 aromatic rings. The highest BCUT2D eigenvalue weighted by atomic mass is 16.2. The van der Waals surface area contributed by atoms with Crippen LogP contribution in [-0.2, 0) is 4.79 Å². The maximum absolute atomic E-state index is 12.5. The molecule has 110 valence electrons. The number of hydrogen-bond acceptors (Lipinski definition) is 3. The number of rotatable bonds is 2. The molecule has 5 atom stereocenters. The van der Waals surface area contributed by atoms with Crippen molar-refractivity contribution < 1.29 is 4.79 Å². The number of carbonyl (C=O) groups is 1. The molecule has 1 amide bonds. The van der Waals surface area contributed by atoms with Gasteiger partial charge in [-0.2, -0.15) is 0 Å². The zero-order chi connectivity index (χ0) is 14.0. The summed E-state index contributed by atoms with van der Waals surface area (Å²) < 4.78 is 0. The van der Waals surface area contributed by atoms with Crippen molar-refractivity contribution >= 4 is 5.91 Å². The van der Waals surface area contributed by atoms with Crippen LogP contribution in [0.3, 0.4) is 0 Å². The standard InChI is InChI=1S/C15H29N3O/c1-10-9-18(3)8-7-14(10)17-15(19)12-5-4-6-13(16)11(12)2/h10-14H,4-9,16H2,1-3H3,(H,17,19). The van der Waals surface area contributed by atoms with E-state index in [2.05, 4.69) is 31.1 Å². The van der Waals surface area contributed by atoms with Crippen LogP contribution in [-0.4, -0.2) is 43.0 Å². The van der Waals surface area contributed by atoms with Crippen LogP contribution in [0.1, 0.15) is 39.5 Å². The summed E-state index contributed by atoms with van der Waals surface area (Å²) in [5.74, 6) is 1.21. The molecule has 3 N–H and O–H groups in total. The second-order valence-electron chi connectivity index (χ2n) is 6.70. The maximum atomic E-state index is 12.5. The van der Waals surface area contributed by atoms with Gasteiger partial charge in [-0.1, -0.05) is 20.3 Å². The molecule has 1 aliphatic carbocycles. The van der Waals surface area contributed by atoms with Crippen molar-refractivity contribution in [2.75, 3.05) is 20.1 Å². The largest absolute Gasteiger partial charge is 0.353 e. The third-order valence-electron chi connectivity index (χ3n) is 5.14. The van der Waals surface area contributed by atoms with Gasteiger partial charge < -0.3 is 16.0 Å². The van der Waals surface area contributed by atoms with Gasteiger partial charge in [0.1, 0.15) is 0 Å². The normalized spacial score (nSPS) is 40.9. The zero-order valence-electron chi connectivity index (χ0n) is 12.6. The smallest absolute Gasteiger partial charge is 0.223 e. The zero-order valence-corrected chi connectivity index (χ0v) is 12.6. The molecule has 1 saturated heterocycles. The number of nitrogens with one attached hydrogen (secondary N) is 1. The molecule has 4 heteroatoms. The lowest BCUT2D eigenvalue weighted by Crippen LogP contribution is -2.52. The highest BCUT2D eigenvalue weighted by Crippen LogP contribution is 2.29. The first-order valence-electron chi connectivity index (χ1n) is 7.73. The summed E-state index contributed by atoms with van der Waals surface area (Å²) in [6.07, 6.45) is 4.22. The number of carbonyl (C=O) groups excluding carboxylic acids is 1. The first kappa shape index (κ1) is 14.8. The molecule has 2 rings (SSSR count). The molecule has 19 heavy (non-hydrogen) atoms. The molecule has 0 spiro atoms. The lowest BCUT2D eigenvalue weighted by atomic mass is 9.76. The number of piperidine rings is 1. The van der Waals surface area contributed by atoms with E-state index in [4.69, 9.17) is 5.73 Å². The average molecular weight is 267 g/mol. The minimum atomic E-state index is 0.121. The van der Waals surface area contributed by atoms with Crippen LogP contribution in [0.5, 0.6) is 0 Å². The third-order valence-corrected chi connectivity index (χ3v) is 5.14. The first-order chi connectivity index (χ1) is 8.99. The fourth-order valence-corrected chi connectivity index (χ4v) is 3.63. The lowest BCUT2D eigenvalue weighted by Gasteiger charge is -2.38. The second kappa shape index (κ2) is 6.23. The van der Waals surface area contributed by atoms with Crippen molar-refractivity contribution in [1.82, 2.24) is 10.2 Å². The Labute approximate surface area is 117 Å². The van der Waals surface area contributed by atoms with E-state index in [1.165, 1.54) is 0 Å². The van der Waals surface area contributed by atoms with E-state index < -0.39 is 0 Å². The van der Waals surface area contributed by atoms with Crippen LogP contribution >= 0.6 is 0 Å². The second-order valence-corrected chi connectivity index (χ2v) is 6.70. The molecule has 4 nitrogen and oxygen atoms in total. The Morgan fingerprint density at radius 3 is 2.68 bits per heavy atom. The van der Waals surface area contributed by atoms with Crippen LogP contribution in [0.2, 0.25) is 0 Å². The van der Waals surface area contributed by atoms with E-state index in [0.717, 1.165) is 38.8 Å². The van der Waals surface area contributed by atoms with E-state index in [0.29, 0.717) is 17.9 Å². The minimum Gasteiger partial charge on any atom is -0.353 e. The van der Waals surface area contributed by atoms with Crippen molar-refractivity contribution in [2.24, 2.45) is 23.5 Å². The summed E-state index contributed by atoms with van der Waals surface area (Å²) in [6, 6.07) is 0.536. The van der Waals surface area contributed by atoms with Gasteiger partial charge in [0.15, 0.2) is 0 Å². The number of amides is 1. The molecule has 1 saturated carbocycles. The van der Waals surface area contributed by atoms with Crippen molar-refractivity contribution in [3.8, 4) is 0 Å².